The SMILES string of the molecule is CN1CCN(C(=N)C2CNCCC2NC2CCN(C3COC3)CC2)c2cc(C(F)(F)F)c(-c3cnn(C)c3)cc21. The van der Waals surface area contributed by atoms with E-state index in [0.717, 1.165) is 52.1 Å². The molecule has 12 heteroatoms. The third-order valence-electron chi connectivity index (χ3n) is 9.04. The second-order valence-electron chi connectivity index (χ2n) is 11.6. The van der Waals surface area contributed by atoms with Crippen molar-refractivity contribution in [1.82, 2.24) is 25.3 Å². The smallest absolute Gasteiger partial charge is 0.378 e. The van der Waals surface area contributed by atoms with Crippen molar-refractivity contribution in [3.8, 4) is 11.1 Å². The van der Waals surface area contributed by atoms with Crippen LogP contribution < -0.4 is 20.4 Å². The van der Waals surface area contributed by atoms with Crippen LogP contribution in [0.3, 0.4) is 0 Å². The van der Waals surface area contributed by atoms with Gasteiger partial charge in [0.1, 0.15) is 5.84 Å². The van der Waals surface area contributed by atoms with Gasteiger partial charge in [0.05, 0.1) is 42.4 Å². The summed E-state index contributed by atoms with van der Waals surface area (Å²) in [7, 11) is 3.59. The van der Waals surface area contributed by atoms with Gasteiger partial charge >= 0.3 is 6.18 Å². The quantitative estimate of drug-likeness (QED) is 0.383. The van der Waals surface area contributed by atoms with Crippen molar-refractivity contribution in [2.75, 3.05) is 69.3 Å². The number of aromatic nitrogens is 2. The third kappa shape index (κ3) is 5.34. The van der Waals surface area contributed by atoms with Crippen molar-refractivity contribution in [3.63, 3.8) is 0 Å². The molecule has 0 spiro atoms. The average molecular weight is 561 g/mol. The lowest BCUT2D eigenvalue weighted by atomic mass is 9.88. The van der Waals surface area contributed by atoms with Crippen molar-refractivity contribution in [1.29, 1.82) is 5.41 Å². The highest BCUT2D eigenvalue weighted by atomic mass is 19.4. The molecule has 218 valence electrons. The molecule has 3 saturated heterocycles. The van der Waals surface area contributed by atoms with E-state index in [1.165, 1.54) is 16.9 Å². The fraction of sp³-hybridized carbons (Fsp3) is 0.643. The van der Waals surface area contributed by atoms with E-state index in [-0.39, 0.29) is 17.5 Å². The molecule has 40 heavy (non-hydrogen) atoms. The summed E-state index contributed by atoms with van der Waals surface area (Å²) in [5, 5.41) is 20.7. The Hall–Kier alpha value is -2.67. The van der Waals surface area contributed by atoms with Gasteiger partial charge in [0.2, 0.25) is 0 Å². The van der Waals surface area contributed by atoms with Crippen LogP contribution in [-0.4, -0.2) is 98.2 Å². The Bertz CT molecular complexity index is 1220. The van der Waals surface area contributed by atoms with E-state index in [1.807, 2.05) is 16.8 Å². The standard InChI is InChI=1S/C28H39F3N8O/c1-36-9-10-39(26-12-23(28(29,30)31)21(11-25(26)36)18-13-34-37(2)15-18)27(32)22-14-33-6-3-24(22)35-19-4-7-38(8-5-19)20-16-40-17-20/h11-13,15,19-20,22,24,32-33,35H,3-10,14,16-17H2,1-2H3. The first-order valence-corrected chi connectivity index (χ1v) is 14.3. The number of alkyl halides is 3. The number of nitrogens with zero attached hydrogens (tertiary/aromatic N) is 5. The number of halogens is 3. The van der Waals surface area contributed by atoms with Gasteiger partial charge < -0.3 is 25.2 Å². The molecule has 0 radical (unpaired) electrons. The van der Waals surface area contributed by atoms with Crippen molar-refractivity contribution in [2.24, 2.45) is 13.0 Å². The molecule has 3 fully saturated rings. The maximum absolute atomic E-state index is 14.4. The number of amidine groups is 1. The van der Waals surface area contributed by atoms with Crippen LogP contribution in [0.4, 0.5) is 24.5 Å². The third-order valence-corrected chi connectivity index (χ3v) is 9.04. The number of aryl methyl sites for hydroxylation is 1. The van der Waals surface area contributed by atoms with Crippen LogP contribution in [0.25, 0.3) is 11.1 Å². The average Bonchev–Trinajstić information content (AvgIpc) is 3.34. The maximum atomic E-state index is 14.4. The van der Waals surface area contributed by atoms with Gasteiger partial charge in [-0.25, -0.2) is 0 Å². The molecule has 5 heterocycles. The second kappa shape index (κ2) is 11.0. The van der Waals surface area contributed by atoms with E-state index < -0.39 is 11.7 Å². The summed E-state index contributed by atoms with van der Waals surface area (Å²) in [6.45, 7) is 6.35. The summed E-state index contributed by atoms with van der Waals surface area (Å²) in [6, 6.07) is 3.90. The Morgan fingerprint density at radius 3 is 2.50 bits per heavy atom. The topological polar surface area (TPSA) is 84.7 Å². The number of likely N-dealkylation sites (N-methyl/N-ethyl adjacent to an activating group) is 1. The number of hydrogen-bond donors (Lipinski definition) is 3. The summed E-state index contributed by atoms with van der Waals surface area (Å²) in [5.41, 5.74) is 0.975. The van der Waals surface area contributed by atoms with Crippen molar-refractivity contribution in [3.05, 3.63) is 30.1 Å². The second-order valence-corrected chi connectivity index (χ2v) is 11.6. The number of anilines is 2. The molecule has 4 aliphatic heterocycles. The molecular weight excluding hydrogens is 521 g/mol. The van der Waals surface area contributed by atoms with Gasteiger partial charge in [-0.2, -0.15) is 18.3 Å². The molecule has 2 unspecified atom stereocenters. The first kappa shape index (κ1) is 27.5. The lowest BCUT2D eigenvalue weighted by Crippen LogP contribution is -2.59. The number of piperidine rings is 2. The minimum absolute atomic E-state index is 0.109. The van der Waals surface area contributed by atoms with Crippen LogP contribution >= 0.6 is 0 Å². The molecule has 1 aromatic carbocycles. The largest absolute Gasteiger partial charge is 0.417 e. The minimum atomic E-state index is -4.54. The molecule has 3 N–H and O–H groups in total. The molecular formula is C28H39F3N8O. The fourth-order valence-corrected chi connectivity index (χ4v) is 6.59. The highest BCUT2D eigenvalue weighted by Crippen LogP contribution is 2.45. The Labute approximate surface area is 233 Å². The van der Waals surface area contributed by atoms with Gasteiger partial charge in [-0.15, -0.1) is 0 Å². The summed E-state index contributed by atoms with van der Waals surface area (Å²) in [6.07, 6.45) is 1.54. The van der Waals surface area contributed by atoms with Crippen molar-refractivity contribution in [2.45, 2.75) is 43.6 Å². The van der Waals surface area contributed by atoms with Gasteiger partial charge in [-0.1, -0.05) is 0 Å². The lowest BCUT2D eigenvalue weighted by Gasteiger charge is -2.45. The summed E-state index contributed by atoms with van der Waals surface area (Å²) in [5.74, 6) is 0.251. The van der Waals surface area contributed by atoms with Crippen LogP contribution in [0.2, 0.25) is 0 Å². The highest BCUT2D eigenvalue weighted by Gasteiger charge is 2.40. The Kier molecular flexibility index (Phi) is 7.53. The minimum Gasteiger partial charge on any atom is -0.378 e. The van der Waals surface area contributed by atoms with Crippen LogP contribution in [0.5, 0.6) is 0 Å². The Morgan fingerprint density at radius 2 is 1.85 bits per heavy atom. The molecule has 9 nitrogen and oxygen atoms in total. The van der Waals surface area contributed by atoms with Crippen LogP contribution in [-0.2, 0) is 18.0 Å². The van der Waals surface area contributed by atoms with Crippen molar-refractivity contribution < 1.29 is 17.9 Å². The number of nitrogens with one attached hydrogen (secondary N) is 3. The predicted octanol–water partition coefficient (Wildman–Crippen LogP) is 2.77. The highest BCUT2D eigenvalue weighted by molar-refractivity contribution is 6.02. The number of likely N-dealkylation sites (tertiary alicyclic amines) is 1. The molecule has 2 atom stereocenters. The molecule has 0 amide bonds. The zero-order chi connectivity index (χ0) is 28.0. The first-order valence-electron chi connectivity index (χ1n) is 14.3. The number of benzene rings is 1. The van der Waals surface area contributed by atoms with Gasteiger partial charge in [0, 0.05) is 76.6 Å². The number of rotatable bonds is 5. The van der Waals surface area contributed by atoms with Crippen LogP contribution in [0, 0.1) is 11.3 Å². The van der Waals surface area contributed by atoms with Gasteiger partial charge in [0.25, 0.3) is 0 Å². The van der Waals surface area contributed by atoms with E-state index in [0.29, 0.717) is 54.5 Å². The van der Waals surface area contributed by atoms with E-state index in [2.05, 4.69) is 20.6 Å². The summed E-state index contributed by atoms with van der Waals surface area (Å²) < 4.78 is 50.0. The van der Waals surface area contributed by atoms with E-state index in [4.69, 9.17) is 4.74 Å². The van der Waals surface area contributed by atoms with Crippen LogP contribution in [0.15, 0.2) is 24.5 Å². The molecule has 6 rings (SSSR count). The number of fused-ring (bicyclic) bond motifs is 1. The number of ether oxygens (including phenoxy) is 1. The normalized spacial score (nSPS) is 25.1. The van der Waals surface area contributed by atoms with Gasteiger partial charge in [-0.05, 0) is 43.5 Å². The first-order chi connectivity index (χ1) is 19.2. The Morgan fingerprint density at radius 1 is 1.07 bits per heavy atom. The lowest BCUT2D eigenvalue weighted by molar-refractivity contribution is -0.137. The monoisotopic (exact) mass is 560 g/mol. The van der Waals surface area contributed by atoms with Gasteiger partial charge in [-0.3, -0.25) is 15.0 Å². The predicted molar refractivity (Wildman–Crippen MR) is 149 cm³/mol. The molecule has 0 aliphatic carbocycles. The Balaban J connectivity index is 1.24. The van der Waals surface area contributed by atoms with E-state index in [9.17, 15) is 18.6 Å². The summed E-state index contributed by atoms with van der Waals surface area (Å²) >= 11 is 0. The number of hydrogen-bond acceptors (Lipinski definition) is 7. The summed E-state index contributed by atoms with van der Waals surface area (Å²) in [4.78, 5) is 6.31. The van der Waals surface area contributed by atoms with Gasteiger partial charge in [0.15, 0.2) is 0 Å². The van der Waals surface area contributed by atoms with E-state index >= 15 is 0 Å². The zero-order valence-electron chi connectivity index (χ0n) is 23.2. The van der Waals surface area contributed by atoms with Crippen LogP contribution in [0.1, 0.15) is 24.8 Å². The van der Waals surface area contributed by atoms with E-state index in [1.54, 1.807) is 19.3 Å². The van der Waals surface area contributed by atoms with Crippen molar-refractivity contribution >= 4 is 17.2 Å². The molecule has 0 saturated carbocycles. The fourth-order valence-electron chi connectivity index (χ4n) is 6.59. The zero-order valence-corrected chi connectivity index (χ0v) is 23.2. The molecule has 4 aliphatic rings. The molecule has 1 aromatic heterocycles. The molecule has 2 aromatic rings. The maximum Gasteiger partial charge on any atom is 0.417 e. The molecule has 0 bridgehead atoms.